The Morgan fingerprint density at radius 3 is 1.39 bits per heavy atom. The Morgan fingerprint density at radius 2 is 1.10 bits per heavy atom. The number of carbonyl (C=O) groups excluding carboxylic acids is 2. The summed E-state index contributed by atoms with van der Waals surface area (Å²) < 4.78 is 77.9. The SMILES string of the molecule is O=C(Nc1ccc(Cl)c(C(F)(F)F)c1)C1(C(=O)Nc2ccc(Cl)c(C(F)(F)F)c2)CC1. The quantitative estimate of drug-likeness (QED) is 0.390. The molecule has 2 amide bonds. The van der Waals surface area contributed by atoms with Crippen molar-refractivity contribution in [1.29, 1.82) is 0 Å². The van der Waals surface area contributed by atoms with Crippen molar-refractivity contribution in [3.63, 3.8) is 0 Å². The van der Waals surface area contributed by atoms with Crippen molar-refractivity contribution in [3.05, 3.63) is 57.6 Å². The summed E-state index contributed by atoms with van der Waals surface area (Å²) in [5, 5.41) is 3.35. The van der Waals surface area contributed by atoms with E-state index in [0.717, 1.165) is 24.3 Å². The van der Waals surface area contributed by atoms with E-state index in [-0.39, 0.29) is 24.2 Å². The average Bonchev–Trinajstić information content (AvgIpc) is 3.45. The van der Waals surface area contributed by atoms with E-state index in [4.69, 9.17) is 23.2 Å². The first kappa shape index (κ1) is 23.2. The van der Waals surface area contributed by atoms with Crippen molar-refractivity contribution in [1.82, 2.24) is 0 Å². The summed E-state index contributed by atoms with van der Waals surface area (Å²) in [5.74, 6) is -1.77. The number of halogens is 8. The molecule has 2 N–H and O–H groups in total. The molecule has 0 aliphatic heterocycles. The molecular formula is C19H12Cl2F6N2O2. The predicted octanol–water partition coefficient (Wildman–Crippen LogP) is 6.39. The molecule has 0 saturated heterocycles. The van der Waals surface area contributed by atoms with Crippen molar-refractivity contribution < 1.29 is 35.9 Å². The molecule has 2 aromatic carbocycles. The van der Waals surface area contributed by atoms with Crippen LogP contribution < -0.4 is 10.6 Å². The molecular weight excluding hydrogens is 473 g/mol. The van der Waals surface area contributed by atoms with E-state index in [1.807, 2.05) is 0 Å². The van der Waals surface area contributed by atoms with E-state index < -0.39 is 50.8 Å². The van der Waals surface area contributed by atoms with Crippen LogP contribution in [0.2, 0.25) is 10.0 Å². The van der Waals surface area contributed by atoms with Crippen LogP contribution in [0.5, 0.6) is 0 Å². The molecule has 166 valence electrons. The minimum atomic E-state index is -4.75. The van der Waals surface area contributed by atoms with Gasteiger partial charge in [-0.3, -0.25) is 9.59 Å². The van der Waals surface area contributed by atoms with Crippen LogP contribution >= 0.6 is 23.2 Å². The van der Waals surface area contributed by atoms with E-state index in [2.05, 4.69) is 10.6 Å². The second-order valence-corrected chi connectivity index (χ2v) is 7.69. The number of rotatable bonds is 4. The maximum Gasteiger partial charge on any atom is 0.417 e. The van der Waals surface area contributed by atoms with E-state index in [9.17, 15) is 35.9 Å². The highest BCUT2D eigenvalue weighted by molar-refractivity contribution is 6.32. The lowest BCUT2D eigenvalue weighted by molar-refractivity contribution is -0.138. The number of nitrogens with one attached hydrogen (secondary N) is 2. The van der Waals surface area contributed by atoms with Crippen LogP contribution in [0.3, 0.4) is 0 Å². The molecule has 0 heterocycles. The zero-order valence-corrected chi connectivity index (χ0v) is 16.7. The highest BCUT2D eigenvalue weighted by Gasteiger charge is 2.56. The number of anilines is 2. The van der Waals surface area contributed by atoms with Gasteiger partial charge in [-0.25, -0.2) is 0 Å². The first-order valence-corrected chi connectivity index (χ1v) is 9.36. The molecule has 1 saturated carbocycles. The summed E-state index contributed by atoms with van der Waals surface area (Å²) in [4.78, 5) is 25.1. The maximum absolute atomic E-state index is 13.0. The summed E-state index contributed by atoms with van der Waals surface area (Å²) in [6.45, 7) is 0. The molecule has 12 heteroatoms. The van der Waals surface area contributed by atoms with Crippen LogP contribution in [0.4, 0.5) is 37.7 Å². The Bertz CT molecular complexity index is 969. The summed E-state index contributed by atoms with van der Waals surface area (Å²) in [6, 6.07) is 5.43. The predicted molar refractivity (Wildman–Crippen MR) is 102 cm³/mol. The largest absolute Gasteiger partial charge is 0.417 e. The van der Waals surface area contributed by atoms with E-state index in [1.54, 1.807) is 0 Å². The molecule has 0 spiro atoms. The number of hydrogen-bond acceptors (Lipinski definition) is 2. The fraction of sp³-hybridized carbons (Fsp3) is 0.263. The molecule has 1 aliphatic carbocycles. The van der Waals surface area contributed by atoms with Gasteiger partial charge >= 0.3 is 12.4 Å². The summed E-state index contributed by atoms with van der Waals surface area (Å²) in [6.07, 6.45) is -9.36. The molecule has 0 radical (unpaired) electrons. The van der Waals surface area contributed by atoms with E-state index in [0.29, 0.717) is 12.1 Å². The number of amides is 2. The van der Waals surface area contributed by atoms with Gasteiger partial charge in [0.15, 0.2) is 0 Å². The van der Waals surface area contributed by atoms with E-state index >= 15 is 0 Å². The molecule has 1 fully saturated rings. The van der Waals surface area contributed by atoms with Gasteiger partial charge in [0.2, 0.25) is 11.8 Å². The Labute approximate surface area is 181 Å². The Hall–Kier alpha value is -2.46. The van der Waals surface area contributed by atoms with E-state index in [1.165, 1.54) is 0 Å². The summed E-state index contributed by atoms with van der Waals surface area (Å²) in [5.41, 5.74) is -4.40. The third-order valence-corrected chi connectivity index (χ3v) is 5.34. The zero-order valence-electron chi connectivity index (χ0n) is 15.2. The number of benzene rings is 2. The molecule has 3 rings (SSSR count). The maximum atomic E-state index is 13.0. The van der Waals surface area contributed by atoms with Gasteiger partial charge in [0, 0.05) is 11.4 Å². The third-order valence-electron chi connectivity index (χ3n) is 4.68. The monoisotopic (exact) mass is 484 g/mol. The Morgan fingerprint density at radius 1 is 0.742 bits per heavy atom. The molecule has 0 unspecified atom stereocenters. The smallest absolute Gasteiger partial charge is 0.325 e. The minimum absolute atomic E-state index is 0.0735. The van der Waals surface area contributed by atoms with Crippen molar-refractivity contribution >= 4 is 46.4 Å². The van der Waals surface area contributed by atoms with Gasteiger partial charge in [-0.05, 0) is 49.2 Å². The second kappa shape index (κ2) is 7.90. The molecule has 1 aliphatic rings. The molecule has 2 aromatic rings. The van der Waals surface area contributed by atoms with Crippen molar-refractivity contribution in [2.45, 2.75) is 25.2 Å². The first-order chi connectivity index (χ1) is 14.2. The summed E-state index contributed by atoms with van der Waals surface area (Å²) in [7, 11) is 0. The first-order valence-electron chi connectivity index (χ1n) is 8.60. The molecule has 31 heavy (non-hydrogen) atoms. The van der Waals surface area contributed by atoms with Gasteiger partial charge in [0.05, 0.1) is 21.2 Å². The zero-order chi connectivity index (χ0) is 23.2. The van der Waals surface area contributed by atoms with Crippen LogP contribution in [-0.2, 0) is 21.9 Å². The van der Waals surface area contributed by atoms with Crippen LogP contribution in [0.1, 0.15) is 24.0 Å². The van der Waals surface area contributed by atoms with Gasteiger partial charge in [-0.2, -0.15) is 26.3 Å². The van der Waals surface area contributed by atoms with Crippen molar-refractivity contribution in [2.75, 3.05) is 10.6 Å². The van der Waals surface area contributed by atoms with Gasteiger partial charge in [-0.1, -0.05) is 23.2 Å². The topological polar surface area (TPSA) is 58.2 Å². The fourth-order valence-electron chi connectivity index (χ4n) is 2.82. The highest BCUT2D eigenvalue weighted by Crippen LogP contribution is 2.48. The lowest BCUT2D eigenvalue weighted by Crippen LogP contribution is -2.35. The van der Waals surface area contributed by atoms with Gasteiger partial charge in [0.25, 0.3) is 0 Å². The Kier molecular flexibility index (Phi) is 5.92. The van der Waals surface area contributed by atoms with Crippen LogP contribution in [0, 0.1) is 5.41 Å². The highest BCUT2D eigenvalue weighted by atomic mass is 35.5. The van der Waals surface area contributed by atoms with Crippen LogP contribution in [-0.4, -0.2) is 11.8 Å². The standard InChI is InChI=1S/C19H12Cl2F6N2O2/c20-13-3-1-9(7-11(13)18(22,23)24)28-15(30)17(5-6-17)16(31)29-10-2-4-14(21)12(8-10)19(25,26)27/h1-4,7-8H,5-6H2,(H,28,30)(H,29,31). The molecule has 0 bridgehead atoms. The summed E-state index contributed by atoms with van der Waals surface area (Å²) >= 11 is 11.1. The third kappa shape index (κ3) is 4.90. The molecule has 4 nitrogen and oxygen atoms in total. The number of alkyl halides is 6. The van der Waals surface area contributed by atoms with Crippen LogP contribution in [0.15, 0.2) is 36.4 Å². The van der Waals surface area contributed by atoms with Crippen molar-refractivity contribution in [2.24, 2.45) is 5.41 Å². The second-order valence-electron chi connectivity index (χ2n) is 6.88. The van der Waals surface area contributed by atoms with Crippen LogP contribution in [0.25, 0.3) is 0 Å². The number of carbonyl (C=O) groups is 2. The average molecular weight is 485 g/mol. The van der Waals surface area contributed by atoms with Gasteiger partial charge < -0.3 is 10.6 Å². The van der Waals surface area contributed by atoms with Crippen molar-refractivity contribution in [3.8, 4) is 0 Å². The molecule has 0 atom stereocenters. The normalized spacial score (nSPS) is 15.4. The number of hydrogen-bond donors (Lipinski definition) is 2. The van der Waals surface area contributed by atoms with Gasteiger partial charge in [-0.15, -0.1) is 0 Å². The van der Waals surface area contributed by atoms with Gasteiger partial charge in [0.1, 0.15) is 5.41 Å². The minimum Gasteiger partial charge on any atom is -0.325 e. The lowest BCUT2D eigenvalue weighted by atomic mass is 10.0. The fourth-order valence-corrected chi connectivity index (χ4v) is 3.27. The lowest BCUT2D eigenvalue weighted by Gasteiger charge is -2.17. The molecule has 0 aromatic heterocycles. The Balaban J connectivity index is 1.77.